The number of ether oxygens (including phenoxy) is 3. The van der Waals surface area contributed by atoms with Gasteiger partial charge in [0, 0.05) is 6.54 Å². The molecular formula is C21H21NO5S2. The molecule has 6 nitrogen and oxygen atoms in total. The largest absolute Gasteiger partial charge is 0.504 e. The lowest BCUT2D eigenvalue weighted by Gasteiger charge is -2.15. The number of thiocarbonyl (C=S) groups is 1. The van der Waals surface area contributed by atoms with Crippen LogP contribution in [0.1, 0.15) is 11.1 Å². The van der Waals surface area contributed by atoms with Gasteiger partial charge in [-0.3, -0.25) is 9.69 Å². The Hall–Kier alpha value is -2.71. The van der Waals surface area contributed by atoms with Crippen LogP contribution in [0.25, 0.3) is 6.08 Å². The third-order valence-electron chi connectivity index (χ3n) is 4.45. The summed E-state index contributed by atoms with van der Waals surface area (Å²) in [6.45, 7) is 0.469. The van der Waals surface area contributed by atoms with Crippen LogP contribution in [-0.4, -0.2) is 48.1 Å². The Morgan fingerprint density at radius 1 is 1.03 bits per heavy atom. The van der Waals surface area contributed by atoms with Crippen molar-refractivity contribution in [2.75, 3.05) is 27.9 Å². The predicted molar refractivity (Wildman–Crippen MR) is 118 cm³/mol. The Morgan fingerprint density at radius 3 is 2.45 bits per heavy atom. The predicted octanol–water partition coefficient (Wildman–Crippen LogP) is 3.86. The van der Waals surface area contributed by atoms with Crippen molar-refractivity contribution in [2.45, 2.75) is 6.42 Å². The second-order valence-corrected chi connectivity index (χ2v) is 7.88. The zero-order valence-electron chi connectivity index (χ0n) is 16.3. The second kappa shape index (κ2) is 9.19. The van der Waals surface area contributed by atoms with Gasteiger partial charge in [0.25, 0.3) is 5.91 Å². The van der Waals surface area contributed by atoms with E-state index in [1.165, 1.54) is 24.9 Å². The van der Waals surface area contributed by atoms with Gasteiger partial charge in [-0.25, -0.2) is 0 Å². The molecule has 0 saturated carbocycles. The highest BCUT2D eigenvalue weighted by atomic mass is 32.2. The summed E-state index contributed by atoms with van der Waals surface area (Å²) in [4.78, 5) is 14.9. The molecule has 8 heteroatoms. The molecule has 1 aliphatic rings. The summed E-state index contributed by atoms with van der Waals surface area (Å²) in [6, 6.07) is 10.6. The maximum absolute atomic E-state index is 12.8. The van der Waals surface area contributed by atoms with Crippen molar-refractivity contribution >= 4 is 40.3 Å². The Kier molecular flexibility index (Phi) is 6.66. The van der Waals surface area contributed by atoms with Crippen molar-refractivity contribution in [1.29, 1.82) is 0 Å². The summed E-state index contributed by atoms with van der Waals surface area (Å²) in [7, 11) is 4.66. The molecule has 1 N–H and O–H groups in total. The van der Waals surface area contributed by atoms with Gasteiger partial charge >= 0.3 is 0 Å². The molecule has 1 fully saturated rings. The molecule has 1 amide bonds. The van der Waals surface area contributed by atoms with Crippen LogP contribution in [0.15, 0.2) is 41.3 Å². The van der Waals surface area contributed by atoms with Crippen LogP contribution in [0, 0.1) is 0 Å². The average Bonchev–Trinajstić information content (AvgIpc) is 3.00. The summed E-state index contributed by atoms with van der Waals surface area (Å²) in [5.74, 6) is 1.58. The molecule has 3 rings (SSSR count). The molecule has 29 heavy (non-hydrogen) atoms. The molecule has 152 valence electrons. The highest BCUT2D eigenvalue weighted by Gasteiger charge is 2.31. The SMILES string of the molecule is COc1cc(/C=C2/SC(=S)N(CCc3ccc(OC)c(OC)c3)C2=O)ccc1O. The van der Waals surface area contributed by atoms with Gasteiger partial charge in [0.15, 0.2) is 23.0 Å². The molecule has 0 atom stereocenters. The molecule has 2 aromatic rings. The lowest BCUT2D eigenvalue weighted by Crippen LogP contribution is -2.30. The summed E-state index contributed by atoms with van der Waals surface area (Å²) < 4.78 is 16.2. The van der Waals surface area contributed by atoms with Crippen LogP contribution in [0.5, 0.6) is 23.0 Å². The highest BCUT2D eigenvalue weighted by molar-refractivity contribution is 8.26. The molecule has 2 aromatic carbocycles. The maximum Gasteiger partial charge on any atom is 0.266 e. The standard InChI is InChI=1S/C21H21NO5S2/c1-25-16-7-5-13(10-18(16)27-3)8-9-22-20(24)19(29-21(22)28)12-14-4-6-15(23)17(11-14)26-2/h4-7,10-12,23H,8-9H2,1-3H3/b19-12+. The van der Waals surface area contributed by atoms with Gasteiger partial charge in [0.2, 0.25) is 0 Å². The van der Waals surface area contributed by atoms with Crippen LogP contribution >= 0.6 is 24.0 Å². The number of aromatic hydroxyl groups is 1. The topological polar surface area (TPSA) is 68.2 Å². The fourth-order valence-electron chi connectivity index (χ4n) is 2.91. The average molecular weight is 432 g/mol. The van der Waals surface area contributed by atoms with E-state index in [4.69, 9.17) is 26.4 Å². The minimum absolute atomic E-state index is 0.0483. The van der Waals surface area contributed by atoms with Gasteiger partial charge < -0.3 is 19.3 Å². The van der Waals surface area contributed by atoms with E-state index in [2.05, 4.69) is 0 Å². The number of hydrogen-bond donors (Lipinski definition) is 1. The number of carbonyl (C=O) groups is 1. The minimum atomic E-state index is -0.132. The fraction of sp³-hybridized carbons (Fsp3) is 0.238. The quantitative estimate of drug-likeness (QED) is 0.527. The van der Waals surface area contributed by atoms with Crippen molar-refractivity contribution in [3.8, 4) is 23.0 Å². The van der Waals surface area contributed by atoms with Gasteiger partial charge in [-0.1, -0.05) is 36.1 Å². The number of thioether (sulfide) groups is 1. The Labute approximate surface area is 179 Å². The number of phenolic OH excluding ortho intramolecular Hbond substituents is 1. The third-order valence-corrected chi connectivity index (χ3v) is 5.82. The van der Waals surface area contributed by atoms with E-state index in [1.54, 1.807) is 37.3 Å². The molecule has 0 aliphatic carbocycles. The molecule has 0 radical (unpaired) electrons. The Bertz CT molecular complexity index is 974. The van der Waals surface area contributed by atoms with Crippen molar-refractivity contribution in [3.05, 3.63) is 52.4 Å². The first-order valence-electron chi connectivity index (χ1n) is 8.80. The number of methoxy groups -OCH3 is 3. The summed E-state index contributed by atoms with van der Waals surface area (Å²) >= 11 is 6.67. The summed E-state index contributed by atoms with van der Waals surface area (Å²) in [5, 5.41) is 9.72. The van der Waals surface area contributed by atoms with Gasteiger partial charge in [-0.05, 0) is 47.9 Å². The smallest absolute Gasteiger partial charge is 0.266 e. The van der Waals surface area contributed by atoms with Crippen LogP contribution in [0.4, 0.5) is 0 Å². The normalized spacial score (nSPS) is 15.1. The third kappa shape index (κ3) is 4.65. The zero-order chi connectivity index (χ0) is 21.0. The Morgan fingerprint density at radius 2 is 1.76 bits per heavy atom. The number of nitrogens with zero attached hydrogens (tertiary/aromatic N) is 1. The van der Waals surface area contributed by atoms with Gasteiger partial charge in [-0.15, -0.1) is 0 Å². The number of rotatable bonds is 7. The number of carbonyl (C=O) groups excluding carboxylic acids is 1. The monoisotopic (exact) mass is 431 g/mol. The van der Waals surface area contributed by atoms with Gasteiger partial charge in [-0.2, -0.15) is 0 Å². The van der Waals surface area contributed by atoms with Gasteiger partial charge in [0.05, 0.1) is 26.2 Å². The molecule has 1 aliphatic heterocycles. The molecule has 0 aromatic heterocycles. The van der Waals surface area contributed by atoms with Crippen LogP contribution < -0.4 is 14.2 Å². The minimum Gasteiger partial charge on any atom is -0.504 e. The van der Waals surface area contributed by atoms with E-state index < -0.39 is 0 Å². The zero-order valence-corrected chi connectivity index (χ0v) is 17.9. The molecule has 1 heterocycles. The van der Waals surface area contributed by atoms with E-state index >= 15 is 0 Å². The van der Waals surface area contributed by atoms with Crippen molar-refractivity contribution < 1.29 is 24.1 Å². The van der Waals surface area contributed by atoms with Crippen LogP contribution in [0.2, 0.25) is 0 Å². The summed E-state index contributed by atoms with van der Waals surface area (Å²) in [6.07, 6.45) is 2.38. The molecule has 0 spiro atoms. The number of phenols is 1. The van der Waals surface area contributed by atoms with E-state index in [9.17, 15) is 9.90 Å². The lowest BCUT2D eigenvalue weighted by atomic mass is 10.1. The molecular weight excluding hydrogens is 410 g/mol. The first-order valence-corrected chi connectivity index (χ1v) is 10.0. The second-order valence-electron chi connectivity index (χ2n) is 6.20. The number of hydrogen-bond acceptors (Lipinski definition) is 7. The lowest BCUT2D eigenvalue weighted by molar-refractivity contribution is -0.122. The Balaban J connectivity index is 1.72. The first kappa shape index (κ1) is 21.0. The van der Waals surface area contributed by atoms with Crippen molar-refractivity contribution in [2.24, 2.45) is 0 Å². The van der Waals surface area contributed by atoms with Crippen molar-refractivity contribution in [1.82, 2.24) is 4.90 Å². The number of benzene rings is 2. The van der Waals surface area contributed by atoms with E-state index in [0.717, 1.165) is 11.1 Å². The first-order chi connectivity index (χ1) is 14.0. The maximum atomic E-state index is 12.8. The van der Waals surface area contributed by atoms with Crippen molar-refractivity contribution in [3.63, 3.8) is 0 Å². The fourth-order valence-corrected chi connectivity index (χ4v) is 4.21. The van der Waals surface area contributed by atoms with E-state index in [-0.39, 0.29) is 11.7 Å². The highest BCUT2D eigenvalue weighted by Crippen LogP contribution is 2.35. The van der Waals surface area contributed by atoms with E-state index in [1.807, 2.05) is 18.2 Å². The van der Waals surface area contributed by atoms with Crippen LogP contribution in [0.3, 0.4) is 0 Å². The molecule has 0 bridgehead atoms. The molecule has 0 unspecified atom stereocenters. The van der Waals surface area contributed by atoms with Gasteiger partial charge in [0.1, 0.15) is 4.32 Å². The number of amides is 1. The van der Waals surface area contributed by atoms with E-state index in [0.29, 0.717) is 39.4 Å². The summed E-state index contributed by atoms with van der Waals surface area (Å²) in [5.41, 5.74) is 1.77. The molecule has 1 saturated heterocycles. The van der Waals surface area contributed by atoms with Crippen LogP contribution in [-0.2, 0) is 11.2 Å².